The van der Waals surface area contributed by atoms with Crippen LogP contribution in [0.4, 0.5) is 0 Å². The molecule has 0 saturated heterocycles. The molecule has 0 heterocycles. The number of carbonyl (C=O) groups excluding carboxylic acids is 1. The molecule has 3 nitrogen and oxygen atoms in total. The summed E-state index contributed by atoms with van der Waals surface area (Å²) in [7, 11) is 1.83. The predicted molar refractivity (Wildman–Crippen MR) is 75.6 cm³/mol. The highest BCUT2D eigenvalue weighted by molar-refractivity contribution is 5.77. The molecule has 100 valence electrons. The molecule has 1 aromatic carbocycles. The normalized spacial score (nSPS) is 11.3. The number of likely N-dealkylation sites (N-methyl/N-ethyl adjacent to an activating group) is 1. The topological polar surface area (TPSA) is 32.3 Å². The highest BCUT2D eigenvalue weighted by Gasteiger charge is 2.20. The second kappa shape index (κ2) is 6.55. The lowest BCUT2D eigenvalue weighted by molar-refractivity contribution is -0.128. The minimum atomic E-state index is 0.0341. The Balaban J connectivity index is 2.46. The van der Waals surface area contributed by atoms with E-state index < -0.39 is 0 Å². The Morgan fingerprint density at radius 3 is 2.44 bits per heavy atom. The van der Waals surface area contributed by atoms with Crippen molar-refractivity contribution in [2.24, 2.45) is 0 Å². The summed E-state index contributed by atoms with van der Waals surface area (Å²) < 4.78 is 0. The number of nitrogens with one attached hydrogen (secondary N) is 1. The Hall–Kier alpha value is -1.35. The van der Waals surface area contributed by atoms with Gasteiger partial charge in [-0.15, -0.1) is 0 Å². The van der Waals surface area contributed by atoms with Crippen LogP contribution >= 0.6 is 0 Å². The first kappa shape index (κ1) is 14.7. The Morgan fingerprint density at radius 2 is 1.89 bits per heavy atom. The number of carbonyl (C=O) groups is 1. The van der Waals surface area contributed by atoms with Crippen molar-refractivity contribution in [2.75, 3.05) is 26.7 Å². The first-order valence-corrected chi connectivity index (χ1v) is 6.47. The Morgan fingerprint density at radius 1 is 1.28 bits per heavy atom. The van der Waals surface area contributed by atoms with Crippen molar-refractivity contribution in [2.45, 2.75) is 26.2 Å². The molecule has 0 fully saturated rings. The van der Waals surface area contributed by atoms with Gasteiger partial charge in [0.15, 0.2) is 0 Å². The molecule has 1 amide bonds. The van der Waals surface area contributed by atoms with Crippen LogP contribution < -0.4 is 5.32 Å². The van der Waals surface area contributed by atoms with Gasteiger partial charge < -0.3 is 10.2 Å². The van der Waals surface area contributed by atoms with Crippen LogP contribution in [0.2, 0.25) is 0 Å². The highest BCUT2D eigenvalue weighted by atomic mass is 16.2. The summed E-state index contributed by atoms with van der Waals surface area (Å²) in [6, 6.07) is 10.4. The molecule has 18 heavy (non-hydrogen) atoms. The molecule has 3 heteroatoms. The monoisotopic (exact) mass is 248 g/mol. The Labute approximate surface area is 110 Å². The molecule has 1 rings (SSSR count). The maximum atomic E-state index is 11.7. The molecule has 0 aliphatic heterocycles. The third-order valence-corrected chi connectivity index (χ3v) is 3.30. The molecule has 0 aliphatic carbocycles. The summed E-state index contributed by atoms with van der Waals surface area (Å²) in [6.45, 7) is 8.29. The molecule has 1 aromatic rings. The maximum absolute atomic E-state index is 11.7. The van der Waals surface area contributed by atoms with Crippen molar-refractivity contribution in [1.29, 1.82) is 0 Å². The summed E-state index contributed by atoms with van der Waals surface area (Å²) in [5.74, 6) is 0.140. The average Bonchev–Trinajstić information content (AvgIpc) is 2.38. The van der Waals surface area contributed by atoms with Crippen LogP contribution in [0.15, 0.2) is 30.3 Å². The van der Waals surface area contributed by atoms with Gasteiger partial charge in [-0.05, 0) is 12.5 Å². The molecule has 0 bridgehead atoms. The van der Waals surface area contributed by atoms with Gasteiger partial charge >= 0.3 is 0 Å². The molecule has 0 aromatic heterocycles. The number of amides is 1. The lowest BCUT2D eigenvalue weighted by Gasteiger charge is -2.26. The standard InChI is InChI=1S/C15H24N2O/c1-5-17(4)14(18)11-16-12-15(2,3)13-9-7-6-8-10-13/h6-10,16H,5,11-12H2,1-4H3. The van der Waals surface area contributed by atoms with E-state index in [4.69, 9.17) is 0 Å². The van der Waals surface area contributed by atoms with E-state index in [1.54, 1.807) is 4.90 Å². The largest absolute Gasteiger partial charge is 0.345 e. The molecule has 0 saturated carbocycles. The average molecular weight is 248 g/mol. The van der Waals surface area contributed by atoms with E-state index in [1.807, 2.05) is 32.2 Å². The fourth-order valence-corrected chi connectivity index (χ4v) is 1.78. The van der Waals surface area contributed by atoms with Crippen molar-refractivity contribution in [3.8, 4) is 0 Å². The first-order valence-electron chi connectivity index (χ1n) is 6.47. The second-order valence-electron chi connectivity index (χ2n) is 5.26. The fraction of sp³-hybridized carbons (Fsp3) is 0.533. The number of hydrogen-bond donors (Lipinski definition) is 1. The van der Waals surface area contributed by atoms with E-state index >= 15 is 0 Å². The lowest BCUT2D eigenvalue weighted by Crippen LogP contribution is -2.40. The fourth-order valence-electron chi connectivity index (χ4n) is 1.78. The summed E-state index contributed by atoms with van der Waals surface area (Å²) in [5.41, 5.74) is 1.32. The van der Waals surface area contributed by atoms with Crippen molar-refractivity contribution in [3.63, 3.8) is 0 Å². The summed E-state index contributed by atoms with van der Waals surface area (Å²) in [5, 5.41) is 3.25. The SMILES string of the molecule is CCN(C)C(=O)CNCC(C)(C)c1ccccc1. The van der Waals surface area contributed by atoms with Gasteiger partial charge in [0.25, 0.3) is 0 Å². The molecule has 0 spiro atoms. The van der Waals surface area contributed by atoms with Crippen LogP contribution in [0.3, 0.4) is 0 Å². The van der Waals surface area contributed by atoms with Crippen LogP contribution in [0.1, 0.15) is 26.3 Å². The summed E-state index contributed by atoms with van der Waals surface area (Å²) in [6.07, 6.45) is 0. The maximum Gasteiger partial charge on any atom is 0.236 e. The third kappa shape index (κ3) is 4.15. The number of benzene rings is 1. The summed E-state index contributed by atoms with van der Waals surface area (Å²) >= 11 is 0. The first-order chi connectivity index (χ1) is 8.47. The van der Waals surface area contributed by atoms with Crippen LogP contribution in [0.25, 0.3) is 0 Å². The van der Waals surface area contributed by atoms with Gasteiger partial charge in [-0.1, -0.05) is 44.2 Å². The predicted octanol–water partition coefficient (Wildman–Crippen LogP) is 2.03. The van der Waals surface area contributed by atoms with Gasteiger partial charge in [0.2, 0.25) is 5.91 Å². The van der Waals surface area contributed by atoms with Crippen LogP contribution in [0.5, 0.6) is 0 Å². The van der Waals surface area contributed by atoms with Gasteiger partial charge in [-0.3, -0.25) is 4.79 Å². The zero-order valence-corrected chi connectivity index (χ0v) is 11.9. The van der Waals surface area contributed by atoms with Gasteiger partial charge in [0, 0.05) is 25.6 Å². The number of hydrogen-bond acceptors (Lipinski definition) is 2. The smallest absolute Gasteiger partial charge is 0.236 e. The quantitative estimate of drug-likeness (QED) is 0.835. The summed E-state index contributed by atoms with van der Waals surface area (Å²) in [4.78, 5) is 13.4. The van der Waals surface area contributed by atoms with Crippen molar-refractivity contribution in [1.82, 2.24) is 10.2 Å². The molecule has 0 unspecified atom stereocenters. The third-order valence-electron chi connectivity index (χ3n) is 3.30. The van der Waals surface area contributed by atoms with Gasteiger partial charge in [0.1, 0.15) is 0 Å². The lowest BCUT2D eigenvalue weighted by atomic mass is 9.84. The van der Waals surface area contributed by atoms with Gasteiger partial charge in [0.05, 0.1) is 6.54 Å². The molecular formula is C15H24N2O. The zero-order valence-electron chi connectivity index (χ0n) is 11.9. The molecular weight excluding hydrogens is 224 g/mol. The zero-order chi connectivity index (χ0) is 13.6. The van der Waals surface area contributed by atoms with E-state index in [9.17, 15) is 4.79 Å². The van der Waals surface area contributed by atoms with E-state index in [0.29, 0.717) is 6.54 Å². The van der Waals surface area contributed by atoms with Crippen molar-refractivity contribution < 1.29 is 4.79 Å². The van der Waals surface area contributed by atoms with Gasteiger partial charge in [-0.2, -0.15) is 0 Å². The van der Waals surface area contributed by atoms with Crippen molar-refractivity contribution >= 4 is 5.91 Å². The van der Waals surface area contributed by atoms with Crippen LogP contribution in [-0.2, 0) is 10.2 Å². The van der Waals surface area contributed by atoms with Gasteiger partial charge in [-0.25, -0.2) is 0 Å². The molecule has 0 aliphatic rings. The van der Waals surface area contributed by atoms with Crippen molar-refractivity contribution in [3.05, 3.63) is 35.9 Å². The minimum Gasteiger partial charge on any atom is -0.345 e. The molecule has 0 atom stereocenters. The Kier molecular flexibility index (Phi) is 5.35. The van der Waals surface area contributed by atoms with Crippen LogP contribution in [-0.4, -0.2) is 37.5 Å². The highest BCUT2D eigenvalue weighted by Crippen LogP contribution is 2.21. The van der Waals surface area contributed by atoms with E-state index in [0.717, 1.165) is 13.1 Å². The number of nitrogens with zero attached hydrogens (tertiary/aromatic N) is 1. The molecule has 0 radical (unpaired) electrons. The minimum absolute atomic E-state index is 0.0341. The van der Waals surface area contributed by atoms with E-state index in [2.05, 4.69) is 31.3 Å². The number of rotatable bonds is 6. The van der Waals surface area contributed by atoms with E-state index in [-0.39, 0.29) is 11.3 Å². The molecule has 1 N–H and O–H groups in total. The Bertz CT molecular complexity index is 373. The van der Waals surface area contributed by atoms with Crippen LogP contribution in [0, 0.1) is 0 Å². The second-order valence-corrected chi connectivity index (χ2v) is 5.26. The van der Waals surface area contributed by atoms with E-state index in [1.165, 1.54) is 5.56 Å².